The van der Waals surface area contributed by atoms with Gasteiger partial charge in [-0.3, -0.25) is 4.79 Å². The van der Waals surface area contributed by atoms with Gasteiger partial charge in [0.15, 0.2) is 0 Å². The SMILES string of the molecule is Cc1cccc(-c2cnc(N3CCC(C(=O)NC4CCCCCC4)CC3)nc2)c1. The number of anilines is 1. The summed E-state index contributed by atoms with van der Waals surface area (Å²) in [4.78, 5) is 24.1. The molecule has 2 aromatic rings. The maximum Gasteiger partial charge on any atom is 0.225 e. The molecule has 1 aromatic carbocycles. The molecule has 1 aromatic heterocycles. The van der Waals surface area contributed by atoms with Gasteiger partial charge < -0.3 is 10.2 Å². The molecule has 1 aliphatic carbocycles. The zero-order valence-electron chi connectivity index (χ0n) is 17.4. The van der Waals surface area contributed by atoms with Crippen LogP contribution in [0.25, 0.3) is 11.1 Å². The molecule has 1 saturated heterocycles. The van der Waals surface area contributed by atoms with Crippen molar-refractivity contribution in [3.8, 4) is 11.1 Å². The van der Waals surface area contributed by atoms with E-state index in [2.05, 4.69) is 51.4 Å². The Kier molecular flexibility index (Phi) is 6.43. The van der Waals surface area contributed by atoms with E-state index in [9.17, 15) is 4.79 Å². The molecular weight excluding hydrogens is 360 g/mol. The van der Waals surface area contributed by atoms with Crippen LogP contribution in [0.5, 0.6) is 0 Å². The minimum atomic E-state index is 0.126. The summed E-state index contributed by atoms with van der Waals surface area (Å²) < 4.78 is 0. The number of piperidine rings is 1. The lowest BCUT2D eigenvalue weighted by molar-refractivity contribution is -0.126. The molecule has 1 aliphatic heterocycles. The Morgan fingerprint density at radius 3 is 2.31 bits per heavy atom. The van der Waals surface area contributed by atoms with Crippen molar-refractivity contribution in [2.45, 2.75) is 64.3 Å². The zero-order chi connectivity index (χ0) is 20.1. The molecule has 1 N–H and O–H groups in total. The largest absolute Gasteiger partial charge is 0.353 e. The molecule has 2 heterocycles. The number of aryl methyl sites for hydroxylation is 1. The van der Waals surface area contributed by atoms with Crippen molar-refractivity contribution in [2.24, 2.45) is 5.92 Å². The van der Waals surface area contributed by atoms with Gasteiger partial charge in [0.05, 0.1) is 0 Å². The Bertz CT molecular complexity index is 804. The highest BCUT2D eigenvalue weighted by atomic mass is 16.1. The predicted octanol–water partition coefficient (Wildman–Crippen LogP) is 4.51. The fourth-order valence-corrected chi connectivity index (χ4v) is 4.54. The first kappa shape index (κ1) is 19.9. The van der Waals surface area contributed by atoms with E-state index in [0.29, 0.717) is 6.04 Å². The first-order chi connectivity index (χ1) is 14.2. The highest BCUT2D eigenvalue weighted by Gasteiger charge is 2.27. The fourth-order valence-electron chi connectivity index (χ4n) is 4.54. The van der Waals surface area contributed by atoms with Gasteiger partial charge in [-0.15, -0.1) is 0 Å². The van der Waals surface area contributed by atoms with Gasteiger partial charge in [-0.2, -0.15) is 0 Å². The van der Waals surface area contributed by atoms with Gasteiger partial charge in [0.25, 0.3) is 0 Å². The molecule has 0 unspecified atom stereocenters. The van der Waals surface area contributed by atoms with Crippen LogP contribution in [0.4, 0.5) is 5.95 Å². The van der Waals surface area contributed by atoms with Crippen molar-refractivity contribution in [1.82, 2.24) is 15.3 Å². The van der Waals surface area contributed by atoms with Crippen LogP contribution < -0.4 is 10.2 Å². The molecule has 2 aliphatic rings. The average Bonchev–Trinajstić information content (AvgIpc) is 3.03. The van der Waals surface area contributed by atoms with E-state index in [1.165, 1.54) is 31.2 Å². The topological polar surface area (TPSA) is 58.1 Å². The third-order valence-corrected chi connectivity index (χ3v) is 6.34. The first-order valence-electron chi connectivity index (χ1n) is 11.1. The quantitative estimate of drug-likeness (QED) is 0.778. The van der Waals surface area contributed by atoms with Crippen LogP contribution >= 0.6 is 0 Å². The van der Waals surface area contributed by atoms with E-state index in [1.54, 1.807) is 0 Å². The fraction of sp³-hybridized carbons (Fsp3) is 0.542. The summed E-state index contributed by atoms with van der Waals surface area (Å²) in [5.41, 5.74) is 3.41. The number of aromatic nitrogens is 2. The molecule has 0 bridgehead atoms. The van der Waals surface area contributed by atoms with E-state index < -0.39 is 0 Å². The Morgan fingerprint density at radius 2 is 1.66 bits per heavy atom. The Balaban J connectivity index is 1.30. The van der Waals surface area contributed by atoms with Gasteiger partial charge in [0.2, 0.25) is 11.9 Å². The lowest BCUT2D eigenvalue weighted by atomic mass is 9.95. The van der Waals surface area contributed by atoms with Gasteiger partial charge >= 0.3 is 0 Å². The third kappa shape index (κ3) is 5.14. The summed E-state index contributed by atoms with van der Waals surface area (Å²) in [5.74, 6) is 1.15. The van der Waals surface area contributed by atoms with Gasteiger partial charge in [-0.1, -0.05) is 55.5 Å². The van der Waals surface area contributed by atoms with E-state index >= 15 is 0 Å². The summed E-state index contributed by atoms with van der Waals surface area (Å²) in [6.07, 6.45) is 13.0. The number of benzene rings is 1. The van der Waals surface area contributed by atoms with E-state index in [1.807, 2.05) is 12.4 Å². The van der Waals surface area contributed by atoms with Crippen LogP contribution in [-0.4, -0.2) is 35.0 Å². The maximum atomic E-state index is 12.7. The number of carbonyl (C=O) groups excluding carboxylic acids is 1. The Labute approximate surface area is 173 Å². The van der Waals surface area contributed by atoms with E-state index in [0.717, 1.165) is 55.8 Å². The molecule has 2 fully saturated rings. The highest BCUT2D eigenvalue weighted by molar-refractivity contribution is 5.79. The minimum absolute atomic E-state index is 0.126. The summed E-state index contributed by atoms with van der Waals surface area (Å²) in [7, 11) is 0. The molecule has 0 spiro atoms. The van der Waals surface area contributed by atoms with Crippen molar-refractivity contribution in [1.29, 1.82) is 0 Å². The van der Waals surface area contributed by atoms with Crippen LogP contribution in [0.15, 0.2) is 36.7 Å². The lowest BCUT2D eigenvalue weighted by Crippen LogP contribution is -2.44. The number of amides is 1. The Morgan fingerprint density at radius 1 is 0.966 bits per heavy atom. The summed E-state index contributed by atoms with van der Waals surface area (Å²) in [5, 5.41) is 3.32. The predicted molar refractivity (Wildman–Crippen MR) is 117 cm³/mol. The van der Waals surface area contributed by atoms with Gasteiger partial charge in [0.1, 0.15) is 0 Å². The molecule has 29 heavy (non-hydrogen) atoms. The monoisotopic (exact) mass is 392 g/mol. The molecular formula is C24H32N4O. The van der Waals surface area contributed by atoms with Crippen LogP contribution in [-0.2, 0) is 4.79 Å². The second kappa shape index (κ2) is 9.38. The smallest absolute Gasteiger partial charge is 0.225 e. The van der Waals surface area contributed by atoms with Crippen LogP contribution in [0.2, 0.25) is 0 Å². The molecule has 0 radical (unpaired) electrons. The Hall–Kier alpha value is -2.43. The maximum absolute atomic E-state index is 12.7. The molecule has 0 atom stereocenters. The van der Waals surface area contributed by atoms with Crippen LogP contribution in [0.1, 0.15) is 56.9 Å². The molecule has 154 valence electrons. The van der Waals surface area contributed by atoms with Crippen molar-refractivity contribution in [3.63, 3.8) is 0 Å². The average molecular weight is 393 g/mol. The van der Waals surface area contributed by atoms with Crippen molar-refractivity contribution < 1.29 is 4.79 Å². The van der Waals surface area contributed by atoms with E-state index in [4.69, 9.17) is 0 Å². The molecule has 1 amide bonds. The lowest BCUT2D eigenvalue weighted by Gasteiger charge is -2.32. The molecule has 4 rings (SSSR count). The molecule has 5 nitrogen and oxygen atoms in total. The minimum Gasteiger partial charge on any atom is -0.353 e. The van der Waals surface area contributed by atoms with Crippen LogP contribution in [0, 0.1) is 12.8 Å². The van der Waals surface area contributed by atoms with Crippen LogP contribution in [0.3, 0.4) is 0 Å². The van der Waals surface area contributed by atoms with E-state index in [-0.39, 0.29) is 11.8 Å². The number of carbonyl (C=O) groups is 1. The standard InChI is InChI=1S/C24H32N4O/c1-18-7-6-8-20(15-18)21-16-25-24(26-17-21)28-13-11-19(12-14-28)23(29)27-22-9-4-2-3-5-10-22/h6-8,15-17,19,22H,2-5,9-14H2,1H3,(H,27,29). The second-order valence-electron chi connectivity index (χ2n) is 8.60. The third-order valence-electron chi connectivity index (χ3n) is 6.34. The number of hydrogen-bond acceptors (Lipinski definition) is 4. The van der Waals surface area contributed by atoms with Gasteiger partial charge in [-0.25, -0.2) is 9.97 Å². The number of nitrogens with one attached hydrogen (secondary N) is 1. The summed E-state index contributed by atoms with van der Waals surface area (Å²) in [6.45, 7) is 3.77. The summed E-state index contributed by atoms with van der Waals surface area (Å²) in [6, 6.07) is 8.78. The number of hydrogen-bond donors (Lipinski definition) is 1. The van der Waals surface area contributed by atoms with Gasteiger partial charge in [-0.05, 0) is 38.2 Å². The molecule has 5 heteroatoms. The highest BCUT2D eigenvalue weighted by Crippen LogP contribution is 2.24. The molecule has 1 saturated carbocycles. The van der Waals surface area contributed by atoms with Crippen molar-refractivity contribution in [3.05, 3.63) is 42.2 Å². The normalized spacial score (nSPS) is 19.0. The first-order valence-corrected chi connectivity index (χ1v) is 11.1. The number of rotatable bonds is 4. The second-order valence-corrected chi connectivity index (χ2v) is 8.60. The zero-order valence-corrected chi connectivity index (χ0v) is 17.4. The van der Waals surface area contributed by atoms with Crippen molar-refractivity contribution in [2.75, 3.05) is 18.0 Å². The number of nitrogens with zero attached hydrogens (tertiary/aromatic N) is 3. The van der Waals surface area contributed by atoms with Gasteiger partial charge in [0, 0.05) is 43.0 Å². The van der Waals surface area contributed by atoms with Crippen molar-refractivity contribution >= 4 is 11.9 Å². The summed E-state index contributed by atoms with van der Waals surface area (Å²) >= 11 is 0.